The van der Waals surface area contributed by atoms with Crippen LogP contribution >= 0.6 is 11.6 Å². The van der Waals surface area contributed by atoms with Crippen molar-refractivity contribution >= 4 is 39.9 Å². The molecule has 0 aliphatic carbocycles. The molecular weight excluding hydrogens is 458 g/mol. The Hall–Kier alpha value is -2.95. The lowest BCUT2D eigenvalue weighted by atomic mass is 10.1. The second kappa shape index (κ2) is 8.12. The van der Waals surface area contributed by atoms with E-state index in [1.54, 1.807) is 12.1 Å². The Labute approximate surface area is 192 Å². The molecule has 3 heterocycles. The van der Waals surface area contributed by atoms with E-state index in [9.17, 15) is 18.7 Å². The first-order valence-corrected chi connectivity index (χ1v) is 10.8. The van der Waals surface area contributed by atoms with Crippen molar-refractivity contribution in [2.75, 3.05) is 29.9 Å². The number of hydrogen-bond donors (Lipinski definition) is 2. The molecule has 0 bridgehead atoms. The Kier molecular flexibility index (Phi) is 5.38. The first kappa shape index (κ1) is 21.9. The van der Waals surface area contributed by atoms with Crippen LogP contribution in [0.2, 0.25) is 0 Å². The fourth-order valence-electron chi connectivity index (χ4n) is 4.20. The Morgan fingerprint density at radius 3 is 2.70 bits per heavy atom. The summed E-state index contributed by atoms with van der Waals surface area (Å²) in [5.41, 5.74) is -0.628. The van der Waals surface area contributed by atoms with Gasteiger partial charge in [0.2, 0.25) is 0 Å². The predicted octanol–water partition coefficient (Wildman–Crippen LogP) is 3.73. The molecule has 1 atom stereocenters. The molecule has 2 aliphatic heterocycles. The molecule has 2 aromatic carbocycles. The third kappa shape index (κ3) is 4.33. The van der Waals surface area contributed by atoms with Crippen LogP contribution in [0.1, 0.15) is 29.1 Å². The Morgan fingerprint density at radius 1 is 1.30 bits per heavy atom. The van der Waals surface area contributed by atoms with Crippen LogP contribution in [-0.2, 0) is 11.3 Å². The van der Waals surface area contributed by atoms with Gasteiger partial charge in [0.1, 0.15) is 18.2 Å². The second-order valence-electron chi connectivity index (χ2n) is 8.21. The zero-order valence-corrected chi connectivity index (χ0v) is 18.4. The highest BCUT2D eigenvalue weighted by atomic mass is 35.5. The fraction of sp³-hybridized carbons (Fsp3) is 0.364. The van der Waals surface area contributed by atoms with E-state index in [4.69, 9.17) is 16.3 Å². The Balaban J connectivity index is 1.46. The maximum atomic E-state index is 13.0. The van der Waals surface area contributed by atoms with Crippen LogP contribution < -0.4 is 15.0 Å². The molecule has 174 valence electrons. The minimum Gasteiger partial charge on any atom is -0.420 e. The molecule has 1 amide bonds. The SMILES string of the molecule is CC1COCc2nc3cc(C(=O)Nc4ccc(OC(F)(F)Cl)cc4)cc(N4CC(O)C4)c3n21. The summed E-state index contributed by atoms with van der Waals surface area (Å²) < 4.78 is 37.6. The zero-order valence-electron chi connectivity index (χ0n) is 17.6. The quantitative estimate of drug-likeness (QED) is 0.543. The minimum absolute atomic E-state index is 0.0875. The summed E-state index contributed by atoms with van der Waals surface area (Å²) >= 11 is 4.77. The third-order valence-corrected chi connectivity index (χ3v) is 5.76. The summed E-state index contributed by atoms with van der Waals surface area (Å²) in [6, 6.07) is 9.04. The van der Waals surface area contributed by atoms with Crippen LogP contribution in [0.15, 0.2) is 36.4 Å². The van der Waals surface area contributed by atoms with E-state index in [2.05, 4.69) is 19.6 Å². The van der Waals surface area contributed by atoms with E-state index in [0.717, 1.165) is 17.0 Å². The summed E-state index contributed by atoms with van der Waals surface area (Å²) in [7, 11) is 0. The lowest BCUT2D eigenvalue weighted by Crippen LogP contribution is -2.51. The van der Waals surface area contributed by atoms with Crippen LogP contribution in [0, 0.1) is 0 Å². The number of aromatic nitrogens is 2. The van der Waals surface area contributed by atoms with E-state index in [0.29, 0.717) is 43.1 Å². The van der Waals surface area contributed by atoms with Crippen LogP contribution in [0.3, 0.4) is 0 Å². The summed E-state index contributed by atoms with van der Waals surface area (Å²) in [5.74, 6) is 0.272. The van der Waals surface area contributed by atoms with Crippen molar-refractivity contribution in [1.29, 1.82) is 0 Å². The molecule has 3 aromatic rings. The average Bonchev–Trinajstić information content (AvgIpc) is 3.11. The summed E-state index contributed by atoms with van der Waals surface area (Å²) in [4.78, 5) is 19.7. The normalized spacial score (nSPS) is 18.7. The highest BCUT2D eigenvalue weighted by Gasteiger charge is 2.31. The van der Waals surface area contributed by atoms with Crippen LogP contribution in [0.25, 0.3) is 11.0 Å². The van der Waals surface area contributed by atoms with Crippen LogP contribution in [0.4, 0.5) is 20.2 Å². The highest BCUT2D eigenvalue weighted by molar-refractivity contribution is 6.20. The number of halogens is 3. The third-order valence-electron chi connectivity index (χ3n) is 5.68. The molecule has 11 heteroatoms. The van der Waals surface area contributed by atoms with Crippen molar-refractivity contribution in [2.45, 2.75) is 31.2 Å². The molecule has 0 spiro atoms. The molecule has 8 nitrogen and oxygen atoms in total. The van der Waals surface area contributed by atoms with Gasteiger partial charge in [-0.1, -0.05) is 0 Å². The number of amides is 1. The van der Waals surface area contributed by atoms with Gasteiger partial charge in [-0.3, -0.25) is 4.79 Å². The van der Waals surface area contributed by atoms with Crippen LogP contribution in [0.5, 0.6) is 5.75 Å². The van der Waals surface area contributed by atoms with E-state index < -0.39 is 11.7 Å². The number of alkyl halides is 3. The van der Waals surface area contributed by atoms with Crippen molar-refractivity contribution in [3.63, 3.8) is 0 Å². The number of carbonyl (C=O) groups is 1. The van der Waals surface area contributed by atoms with Gasteiger partial charge in [0.15, 0.2) is 0 Å². The van der Waals surface area contributed by atoms with E-state index >= 15 is 0 Å². The van der Waals surface area contributed by atoms with Crippen molar-refractivity contribution in [1.82, 2.24) is 9.55 Å². The molecule has 2 aliphatic rings. The molecule has 1 saturated heterocycles. The Bertz CT molecular complexity index is 1210. The molecule has 1 unspecified atom stereocenters. The van der Waals surface area contributed by atoms with Gasteiger partial charge in [-0.15, -0.1) is 8.78 Å². The molecule has 1 fully saturated rings. The van der Waals surface area contributed by atoms with Crippen molar-refractivity contribution in [2.24, 2.45) is 0 Å². The molecule has 0 saturated carbocycles. The smallest absolute Gasteiger partial charge is 0.420 e. The average molecular weight is 479 g/mol. The number of aliphatic hydroxyl groups excluding tert-OH is 1. The fourth-order valence-corrected chi connectivity index (χ4v) is 4.29. The summed E-state index contributed by atoms with van der Waals surface area (Å²) in [6.45, 7) is 3.94. The Morgan fingerprint density at radius 2 is 2.03 bits per heavy atom. The first-order chi connectivity index (χ1) is 15.7. The number of nitrogens with one attached hydrogen (secondary N) is 1. The number of aliphatic hydroxyl groups is 1. The number of ether oxygens (including phenoxy) is 2. The van der Waals surface area contributed by atoms with Gasteiger partial charge in [0, 0.05) is 35.9 Å². The van der Waals surface area contributed by atoms with E-state index in [1.165, 1.54) is 24.3 Å². The number of benzene rings is 2. The predicted molar refractivity (Wildman–Crippen MR) is 118 cm³/mol. The first-order valence-electron chi connectivity index (χ1n) is 10.4. The van der Waals surface area contributed by atoms with Gasteiger partial charge in [-0.25, -0.2) is 4.98 Å². The van der Waals surface area contributed by atoms with E-state index in [1.807, 2.05) is 11.8 Å². The lowest BCUT2D eigenvalue weighted by molar-refractivity contribution is -0.0964. The van der Waals surface area contributed by atoms with Gasteiger partial charge in [0.25, 0.3) is 5.91 Å². The number of anilines is 2. The maximum absolute atomic E-state index is 13.0. The van der Waals surface area contributed by atoms with E-state index in [-0.39, 0.29) is 17.7 Å². The molecule has 33 heavy (non-hydrogen) atoms. The number of carbonyl (C=O) groups excluding carboxylic acids is 1. The largest absolute Gasteiger partial charge is 0.487 e. The number of rotatable bonds is 5. The molecular formula is C22H21ClF2N4O4. The van der Waals surface area contributed by atoms with Gasteiger partial charge in [0.05, 0.1) is 35.5 Å². The van der Waals surface area contributed by atoms with Gasteiger partial charge < -0.3 is 29.4 Å². The van der Waals surface area contributed by atoms with Gasteiger partial charge >= 0.3 is 5.57 Å². The zero-order chi connectivity index (χ0) is 23.3. The van der Waals surface area contributed by atoms with Crippen molar-refractivity contribution < 1.29 is 28.2 Å². The number of fused-ring (bicyclic) bond motifs is 3. The summed E-state index contributed by atoms with van der Waals surface area (Å²) in [6.07, 6.45) is -0.414. The number of nitrogens with zero attached hydrogens (tertiary/aromatic N) is 3. The lowest BCUT2D eigenvalue weighted by Gasteiger charge is -2.39. The molecule has 1 aromatic heterocycles. The molecule has 0 radical (unpaired) electrons. The van der Waals surface area contributed by atoms with Gasteiger partial charge in [-0.2, -0.15) is 0 Å². The van der Waals surface area contributed by atoms with Crippen molar-refractivity contribution in [3.05, 3.63) is 47.8 Å². The molecule has 5 rings (SSSR count). The highest BCUT2D eigenvalue weighted by Crippen LogP contribution is 2.36. The number of imidazole rings is 1. The van der Waals surface area contributed by atoms with Gasteiger partial charge in [-0.05, 0) is 43.3 Å². The maximum Gasteiger partial charge on any atom is 0.487 e. The topological polar surface area (TPSA) is 88.8 Å². The number of hydrogen-bond acceptors (Lipinski definition) is 6. The number of β-amino-alcohol motifs (C(OH)–C–C–N with tert-alkyl or cyclic N) is 1. The molecule has 2 N–H and O–H groups in total. The van der Waals surface area contributed by atoms with Crippen LogP contribution in [-0.4, -0.2) is 51.9 Å². The minimum atomic E-state index is -3.81. The van der Waals surface area contributed by atoms with Crippen molar-refractivity contribution in [3.8, 4) is 5.75 Å². The second-order valence-corrected chi connectivity index (χ2v) is 8.65. The summed E-state index contributed by atoms with van der Waals surface area (Å²) in [5, 5.41) is 12.6. The monoisotopic (exact) mass is 478 g/mol. The standard InChI is InChI=1S/C22H21ClF2N4O4/c1-12-10-32-11-19-27-17-6-13(7-18(20(17)29(12)19)28-8-15(30)9-28)21(31)26-14-2-4-16(5-3-14)33-22(23,24)25/h2-7,12,15,30H,8-11H2,1H3,(H,26,31).